The van der Waals surface area contributed by atoms with Crippen LogP contribution in [0.15, 0.2) is 23.6 Å². The number of benzene rings is 1. The third kappa shape index (κ3) is 3.54. The molecule has 0 atom stereocenters. The summed E-state index contributed by atoms with van der Waals surface area (Å²) in [4.78, 5) is 16.3. The molecule has 1 amide bonds. The Labute approximate surface area is 135 Å². The summed E-state index contributed by atoms with van der Waals surface area (Å²) in [6.45, 7) is 0.675. The van der Waals surface area contributed by atoms with Gasteiger partial charge in [0.25, 0.3) is 0 Å². The smallest absolute Gasteiger partial charge is 0.227 e. The molecule has 5 heteroatoms. The highest BCUT2D eigenvalue weighted by Gasteiger charge is 2.12. The quantitative estimate of drug-likeness (QED) is 0.890. The molecule has 0 bridgehead atoms. The fourth-order valence-corrected chi connectivity index (χ4v) is 3.51. The maximum atomic E-state index is 11.7. The minimum absolute atomic E-state index is 0.000640. The van der Waals surface area contributed by atoms with Gasteiger partial charge in [0.15, 0.2) is 5.13 Å². The Kier molecular flexibility index (Phi) is 4.85. The standard InChI is InChI=1S/C17H21N3OS/c1-18-9-8-16(21)20-17-19-15(11-22-17)14-7-6-12-4-2-3-5-13(12)10-14/h6-7,10-11,18H,2-5,8-9H2,1H3,(H,19,20,21). The van der Waals surface area contributed by atoms with Gasteiger partial charge in [0.05, 0.1) is 5.69 Å². The topological polar surface area (TPSA) is 54.0 Å². The van der Waals surface area contributed by atoms with E-state index in [1.165, 1.54) is 48.1 Å². The number of rotatable bonds is 5. The predicted octanol–water partition coefficient (Wildman–Crippen LogP) is 3.24. The number of anilines is 1. The molecule has 2 aromatic rings. The van der Waals surface area contributed by atoms with E-state index < -0.39 is 0 Å². The molecular formula is C17H21N3OS. The summed E-state index contributed by atoms with van der Waals surface area (Å²) in [5.74, 6) is 0.000640. The molecule has 22 heavy (non-hydrogen) atoms. The Bertz CT molecular complexity index is 666. The number of aryl methyl sites for hydroxylation is 2. The molecule has 3 rings (SSSR count). The normalized spacial score (nSPS) is 13.7. The van der Waals surface area contributed by atoms with Crippen LogP contribution in [0, 0.1) is 0 Å². The molecule has 0 fully saturated rings. The fourth-order valence-electron chi connectivity index (χ4n) is 2.78. The highest BCUT2D eigenvalue weighted by atomic mass is 32.1. The van der Waals surface area contributed by atoms with Crippen molar-refractivity contribution in [3.8, 4) is 11.3 Å². The molecule has 0 saturated heterocycles. The number of hydrogen-bond acceptors (Lipinski definition) is 4. The largest absolute Gasteiger partial charge is 0.319 e. The van der Waals surface area contributed by atoms with E-state index in [0.717, 1.165) is 11.3 Å². The van der Waals surface area contributed by atoms with Gasteiger partial charge in [0, 0.05) is 23.9 Å². The first kappa shape index (κ1) is 15.2. The lowest BCUT2D eigenvalue weighted by atomic mass is 9.90. The van der Waals surface area contributed by atoms with E-state index in [-0.39, 0.29) is 5.91 Å². The SMILES string of the molecule is CNCCC(=O)Nc1nc(-c2ccc3c(c2)CCCC3)cs1. The van der Waals surface area contributed by atoms with Crippen LogP contribution in [0.4, 0.5) is 5.13 Å². The van der Waals surface area contributed by atoms with Crippen molar-refractivity contribution in [3.63, 3.8) is 0 Å². The summed E-state index contributed by atoms with van der Waals surface area (Å²) in [5.41, 5.74) is 5.03. The third-order valence-electron chi connectivity index (χ3n) is 4.00. The lowest BCUT2D eigenvalue weighted by Gasteiger charge is -2.16. The number of carbonyl (C=O) groups excluding carboxylic acids is 1. The van der Waals surface area contributed by atoms with Crippen LogP contribution in [0.2, 0.25) is 0 Å². The van der Waals surface area contributed by atoms with Crippen LogP contribution < -0.4 is 10.6 Å². The first-order chi connectivity index (χ1) is 10.8. The van der Waals surface area contributed by atoms with Crippen molar-refractivity contribution < 1.29 is 4.79 Å². The summed E-state index contributed by atoms with van der Waals surface area (Å²) in [6, 6.07) is 6.64. The molecule has 4 nitrogen and oxygen atoms in total. The van der Waals surface area contributed by atoms with Gasteiger partial charge in [-0.1, -0.05) is 12.1 Å². The van der Waals surface area contributed by atoms with Crippen LogP contribution in [0.25, 0.3) is 11.3 Å². The number of aromatic nitrogens is 1. The van der Waals surface area contributed by atoms with Crippen molar-refractivity contribution in [1.82, 2.24) is 10.3 Å². The number of nitrogens with one attached hydrogen (secondary N) is 2. The van der Waals surface area contributed by atoms with Crippen molar-refractivity contribution >= 4 is 22.4 Å². The number of fused-ring (bicyclic) bond motifs is 1. The fraction of sp³-hybridized carbons (Fsp3) is 0.412. The first-order valence-corrected chi connectivity index (χ1v) is 8.66. The van der Waals surface area contributed by atoms with Gasteiger partial charge in [-0.15, -0.1) is 11.3 Å². The second-order valence-corrected chi connectivity index (χ2v) is 6.49. The van der Waals surface area contributed by atoms with Gasteiger partial charge in [-0.25, -0.2) is 4.98 Å². The van der Waals surface area contributed by atoms with E-state index in [9.17, 15) is 4.79 Å². The maximum Gasteiger partial charge on any atom is 0.227 e. The molecule has 0 unspecified atom stereocenters. The Balaban J connectivity index is 1.72. The summed E-state index contributed by atoms with van der Waals surface area (Å²) in [6.07, 6.45) is 5.40. The second kappa shape index (κ2) is 7.03. The number of nitrogens with zero attached hydrogens (tertiary/aromatic N) is 1. The Morgan fingerprint density at radius 3 is 2.91 bits per heavy atom. The molecule has 1 heterocycles. The zero-order valence-corrected chi connectivity index (χ0v) is 13.6. The monoisotopic (exact) mass is 315 g/mol. The highest BCUT2D eigenvalue weighted by Crippen LogP contribution is 2.29. The lowest BCUT2D eigenvalue weighted by molar-refractivity contribution is -0.116. The van der Waals surface area contributed by atoms with Gasteiger partial charge < -0.3 is 10.6 Å². The van der Waals surface area contributed by atoms with E-state index in [1.807, 2.05) is 12.4 Å². The molecule has 1 aromatic carbocycles. The molecule has 0 radical (unpaired) electrons. The Morgan fingerprint density at radius 2 is 2.09 bits per heavy atom. The molecule has 0 saturated carbocycles. The summed E-state index contributed by atoms with van der Waals surface area (Å²) >= 11 is 1.48. The van der Waals surface area contributed by atoms with Crippen LogP contribution in [0.3, 0.4) is 0 Å². The molecular weight excluding hydrogens is 294 g/mol. The van der Waals surface area contributed by atoms with E-state index in [1.54, 1.807) is 0 Å². The second-order valence-electron chi connectivity index (χ2n) is 5.63. The summed E-state index contributed by atoms with van der Waals surface area (Å²) in [5, 5.41) is 8.51. The summed E-state index contributed by atoms with van der Waals surface area (Å²) in [7, 11) is 1.84. The van der Waals surface area contributed by atoms with Crippen molar-refractivity contribution in [2.75, 3.05) is 18.9 Å². The van der Waals surface area contributed by atoms with Crippen molar-refractivity contribution in [3.05, 3.63) is 34.7 Å². The first-order valence-electron chi connectivity index (χ1n) is 7.78. The van der Waals surface area contributed by atoms with Crippen LogP contribution >= 0.6 is 11.3 Å². The minimum Gasteiger partial charge on any atom is -0.319 e. The van der Waals surface area contributed by atoms with Gasteiger partial charge in [0.2, 0.25) is 5.91 Å². The number of carbonyl (C=O) groups is 1. The van der Waals surface area contributed by atoms with E-state index in [2.05, 4.69) is 33.8 Å². The minimum atomic E-state index is 0.000640. The average Bonchev–Trinajstić information content (AvgIpc) is 3.01. The maximum absolute atomic E-state index is 11.7. The van der Waals surface area contributed by atoms with Gasteiger partial charge in [-0.05, 0) is 49.9 Å². The van der Waals surface area contributed by atoms with Crippen molar-refractivity contribution in [1.29, 1.82) is 0 Å². The number of hydrogen-bond donors (Lipinski definition) is 2. The van der Waals surface area contributed by atoms with E-state index in [4.69, 9.17) is 0 Å². The van der Waals surface area contributed by atoms with Crippen molar-refractivity contribution in [2.24, 2.45) is 0 Å². The number of amides is 1. The molecule has 1 aliphatic rings. The third-order valence-corrected chi connectivity index (χ3v) is 4.75. The van der Waals surface area contributed by atoms with Gasteiger partial charge in [-0.2, -0.15) is 0 Å². The van der Waals surface area contributed by atoms with Crippen LogP contribution in [-0.2, 0) is 17.6 Å². The molecule has 116 valence electrons. The average molecular weight is 315 g/mol. The zero-order valence-electron chi connectivity index (χ0n) is 12.8. The lowest BCUT2D eigenvalue weighted by Crippen LogP contribution is -2.18. The van der Waals surface area contributed by atoms with Crippen LogP contribution in [-0.4, -0.2) is 24.5 Å². The predicted molar refractivity (Wildman–Crippen MR) is 91.4 cm³/mol. The van der Waals surface area contributed by atoms with Crippen molar-refractivity contribution in [2.45, 2.75) is 32.1 Å². The van der Waals surface area contributed by atoms with Crippen LogP contribution in [0.1, 0.15) is 30.4 Å². The van der Waals surface area contributed by atoms with Crippen LogP contribution in [0.5, 0.6) is 0 Å². The van der Waals surface area contributed by atoms with Gasteiger partial charge in [0.1, 0.15) is 0 Å². The van der Waals surface area contributed by atoms with Gasteiger partial charge in [-0.3, -0.25) is 4.79 Å². The number of thiazole rings is 1. The molecule has 0 spiro atoms. The molecule has 0 aliphatic heterocycles. The van der Waals surface area contributed by atoms with E-state index in [0.29, 0.717) is 18.1 Å². The summed E-state index contributed by atoms with van der Waals surface area (Å²) < 4.78 is 0. The Hall–Kier alpha value is -1.72. The highest BCUT2D eigenvalue weighted by molar-refractivity contribution is 7.14. The Morgan fingerprint density at radius 1 is 1.27 bits per heavy atom. The van der Waals surface area contributed by atoms with E-state index >= 15 is 0 Å². The molecule has 1 aliphatic carbocycles. The van der Waals surface area contributed by atoms with Gasteiger partial charge >= 0.3 is 0 Å². The molecule has 2 N–H and O–H groups in total. The zero-order chi connectivity index (χ0) is 15.4. The molecule has 1 aromatic heterocycles.